The fourth-order valence-corrected chi connectivity index (χ4v) is 1.97. The van der Waals surface area contributed by atoms with Crippen LogP contribution in [0.25, 0.3) is 0 Å². The van der Waals surface area contributed by atoms with E-state index in [0.717, 1.165) is 0 Å². The van der Waals surface area contributed by atoms with Crippen LogP contribution in [0, 0.1) is 5.92 Å². The van der Waals surface area contributed by atoms with Gasteiger partial charge in [-0.05, 0) is 12.8 Å². The molecule has 2 atom stereocenters. The van der Waals surface area contributed by atoms with Gasteiger partial charge >= 0.3 is 0 Å². The molecule has 0 spiro atoms. The molecule has 3 N–H and O–H groups in total. The Kier molecular flexibility index (Phi) is 4.22. The standard InChI is InChI=1S/C11H19N3O3/c1-4-14-8(15)5-7(11(14)17)13-9(6(2)3)10(12)16/h6-7,9,13H,4-5H2,1-3H3,(H2,12,16). The van der Waals surface area contributed by atoms with E-state index in [0.29, 0.717) is 6.54 Å². The van der Waals surface area contributed by atoms with E-state index in [2.05, 4.69) is 5.32 Å². The van der Waals surface area contributed by atoms with E-state index < -0.39 is 18.0 Å². The van der Waals surface area contributed by atoms with Crippen LogP contribution >= 0.6 is 0 Å². The topological polar surface area (TPSA) is 92.5 Å². The van der Waals surface area contributed by atoms with Crippen molar-refractivity contribution in [3.8, 4) is 0 Å². The summed E-state index contributed by atoms with van der Waals surface area (Å²) in [5, 5.41) is 2.87. The van der Waals surface area contributed by atoms with Gasteiger partial charge in [-0.1, -0.05) is 13.8 Å². The molecule has 0 bridgehead atoms. The molecule has 2 unspecified atom stereocenters. The number of hydrogen-bond acceptors (Lipinski definition) is 4. The second-order valence-electron chi connectivity index (χ2n) is 4.52. The van der Waals surface area contributed by atoms with Gasteiger partial charge in [0, 0.05) is 6.54 Å². The fraction of sp³-hybridized carbons (Fsp3) is 0.727. The van der Waals surface area contributed by atoms with Gasteiger partial charge in [0.25, 0.3) is 0 Å². The number of carbonyl (C=O) groups is 3. The molecule has 17 heavy (non-hydrogen) atoms. The van der Waals surface area contributed by atoms with Crippen molar-refractivity contribution < 1.29 is 14.4 Å². The van der Waals surface area contributed by atoms with Gasteiger partial charge in [0.1, 0.15) is 0 Å². The number of imide groups is 1. The number of rotatable bonds is 5. The smallest absolute Gasteiger partial charge is 0.246 e. The molecule has 96 valence electrons. The van der Waals surface area contributed by atoms with Gasteiger partial charge in [0.15, 0.2) is 0 Å². The fourth-order valence-electron chi connectivity index (χ4n) is 1.97. The first-order valence-corrected chi connectivity index (χ1v) is 5.78. The maximum atomic E-state index is 11.8. The average Bonchev–Trinajstić information content (AvgIpc) is 2.49. The summed E-state index contributed by atoms with van der Waals surface area (Å²) in [6, 6.07) is -1.21. The molecule has 1 saturated heterocycles. The number of likely N-dealkylation sites (N-methyl/N-ethyl adjacent to an activating group) is 1. The number of amides is 3. The minimum Gasteiger partial charge on any atom is -0.368 e. The number of nitrogens with one attached hydrogen (secondary N) is 1. The highest BCUT2D eigenvalue weighted by molar-refractivity contribution is 6.05. The van der Waals surface area contributed by atoms with Crippen molar-refractivity contribution in [1.29, 1.82) is 0 Å². The third-order valence-corrected chi connectivity index (χ3v) is 2.91. The Morgan fingerprint density at radius 3 is 2.47 bits per heavy atom. The second kappa shape index (κ2) is 5.27. The van der Waals surface area contributed by atoms with Crippen molar-refractivity contribution in [3.63, 3.8) is 0 Å². The summed E-state index contributed by atoms with van der Waals surface area (Å²) in [5.41, 5.74) is 5.25. The molecule has 1 heterocycles. The Labute approximate surface area is 101 Å². The maximum Gasteiger partial charge on any atom is 0.246 e. The molecular formula is C11H19N3O3. The summed E-state index contributed by atoms with van der Waals surface area (Å²) in [6.45, 7) is 5.77. The number of likely N-dealkylation sites (tertiary alicyclic amines) is 1. The second-order valence-corrected chi connectivity index (χ2v) is 4.52. The van der Waals surface area contributed by atoms with Crippen LogP contribution in [-0.4, -0.2) is 41.2 Å². The first kappa shape index (κ1) is 13.6. The summed E-state index contributed by atoms with van der Waals surface area (Å²) in [7, 11) is 0. The van der Waals surface area contributed by atoms with Crippen molar-refractivity contribution in [2.45, 2.75) is 39.3 Å². The van der Waals surface area contributed by atoms with E-state index in [-0.39, 0.29) is 24.2 Å². The monoisotopic (exact) mass is 241 g/mol. The lowest BCUT2D eigenvalue weighted by molar-refractivity contribution is -0.138. The number of carbonyl (C=O) groups excluding carboxylic acids is 3. The third kappa shape index (κ3) is 2.82. The normalized spacial score (nSPS) is 22.4. The van der Waals surface area contributed by atoms with Crippen LogP contribution in [0.1, 0.15) is 27.2 Å². The number of primary amides is 1. The minimum atomic E-state index is -0.623. The molecular weight excluding hydrogens is 222 g/mol. The van der Waals surface area contributed by atoms with E-state index in [1.54, 1.807) is 6.92 Å². The highest BCUT2D eigenvalue weighted by atomic mass is 16.2. The molecule has 0 radical (unpaired) electrons. The van der Waals surface area contributed by atoms with E-state index in [9.17, 15) is 14.4 Å². The van der Waals surface area contributed by atoms with Gasteiger partial charge in [-0.2, -0.15) is 0 Å². The molecule has 1 fully saturated rings. The molecule has 3 amide bonds. The predicted octanol–water partition coefficient (Wildman–Crippen LogP) is -0.767. The van der Waals surface area contributed by atoms with E-state index in [1.165, 1.54) is 4.90 Å². The molecule has 1 aliphatic heterocycles. The van der Waals surface area contributed by atoms with Crippen LogP contribution in [0.15, 0.2) is 0 Å². The van der Waals surface area contributed by atoms with Crippen LogP contribution in [0.2, 0.25) is 0 Å². The Balaban J connectivity index is 2.73. The molecule has 0 aromatic carbocycles. The quantitative estimate of drug-likeness (QED) is 0.618. The van der Waals surface area contributed by atoms with Gasteiger partial charge in [0.05, 0.1) is 18.5 Å². The van der Waals surface area contributed by atoms with Crippen LogP contribution in [-0.2, 0) is 14.4 Å². The zero-order chi connectivity index (χ0) is 13.2. The summed E-state index contributed by atoms with van der Waals surface area (Å²) in [6.07, 6.45) is 0.100. The largest absolute Gasteiger partial charge is 0.368 e. The molecule has 6 nitrogen and oxygen atoms in total. The lowest BCUT2D eigenvalue weighted by Crippen LogP contribution is -2.51. The van der Waals surface area contributed by atoms with Crippen molar-refractivity contribution in [2.75, 3.05) is 6.54 Å². The summed E-state index contributed by atoms with van der Waals surface area (Å²) in [4.78, 5) is 35.7. The molecule has 6 heteroatoms. The predicted molar refractivity (Wildman–Crippen MR) is 61.8 cm³/mol. The van der Waals surface area contributed by atoms with E-state index in [1.807, 2.05) is 13.8 Å². The number of nitrogens with two attached hydrogens (primary N) is 1. The first-order valence-electron chi connectivity index (χ1n) is 5.78. The van der Waals surface area contributed by atoms with Gasteiger partial charge < -0.3 is 5.73 Å². The molecule has 0 saturated carbocycles. The zero-order valence-corrected chi connectivity index (χ0v) is 10.4. The molecule has 0 aromatic heterocycles. The third-order valence-electron chi connectivity index (χ3n) is 2.91. The SMILES string of the molecule is CCN1C(=O)CC(NC(C(N)=O)C(C)C)C1=O. The van der Waals surface area contributed by atoms with Crippen molar-refractivity contribution in [1.82, 2.24) is 10.2 Å². The van der Waals surface area contributed by atoms with Gasteiger partial charge in [-0.3, -0.25) is 24.6 Å². The molecule has 0 aliphatic carbocycles. The van der Waals surface area contributed by atoms with E-state index >= 15 is 0 Å². The molecule has 1 aliphatic rings. The highest BCUT2D eigenvalue weighted by Gasteiger charge is 2.39. The molecule has 0 aromatic rings. The Morgan fingerprint density at radius 1 is 1.53 bits per heavy atom. The Morgan fingerprint density at radius 2 is 2.12 bits per heavy atom. The Hall–Kier alpha value is -1.43. The first-order chi connectivity index (χ1) is 7.88. The minimum absolute atomic E-state index is 0.0221. The van der Waals surface area contributed by atoms with Crippen molar-refractivity contribution in [3.05, 3.63) is 0 Å². The van der Waals surface area contributed by atoms with E-state index in [4.69, 9.17) is 5.73 Å². The summed E-state index contributed by atoms with van der Waals surface area (Å²) < 4.78 is 0. The van der Waals surface area contributed by atoms with Crippen LogP contribution in [0.4, 0.5) is 0 Å². The Bertz CT molecular complexity index is 341. The average molecular weight is 241 g/mol. The number of nitrogens with zero attached hydrogens (tertiary/aromatic N) is 1. The zero-order valence-electron chi connectivity index (χ0n) is 10.4. The van der Waals surface area contributed by atoms with Gasteiger partial charge in [-0.25, -0.2) is 0 Å². The van der Waals surface area contributed by atoms with Crippen LogP contribution in [0.3, 0.4) is 0 Å². The van der Waals surface area contributed by atoms with Gasteiger partial charge in [-0.15, -0.1) is 0 Å². The van der Waals surface area contributed by atoms with Crippen molar-refractivity contribution >= 4 is 17.7 Å². The van der Waals surface area contributed by atoms with Crippen LogP contribution < -0.4 is 11.1 Å². The summed E-state index contributed by atoms with van der Waals surface area (Å²) in [5.74, 6) is -1.01. The number of hydrogen-bond donors (Lipinski definition) is 2. The van der Waals surface area contributed by atoms with Crippen LogP contribution in [0.5, 0.6) is 0 Å². The molecule has 1 rings (SSSR count). The highest BCUT2D eigenvalue weighted by Crippen LogP contribution is 2.14. The van der Waals surface area contributed by atoms with Gasteiger partial charge in [0.2, 0.25) is 17.7 Å². The maximum absolute atomic E-state index is 11.8. The lowest BCUT2D eigenvalue weighted by atomic mass is 10.0. The van der Waals surface area contributed by atoms with Crippen molar-refractivity contribution in [2.24, 2.45) is 11.7 Å². The summed E-state index contributed by atoms with van der Waals surface area (Å²) >= 11 is 0. The lowest BCUT2D eigenvalue weighted by Gasteiger charge is -2.22.